The third-order valence-corrected chi connectivity index (χ3v) is 5.34. The second-order valence-electron chi connectivity index (χ2n) is 9.07. The fourth-order valence-corrected chi connectivity index (χ4v) is 3.54. The van der Waals surface area contributed by atoms with E-state index in [1.807, 2.05) is 6.20 Å². The van der Waals surface area contributed by atoms with Crippen LogP contribution in [0.1, 0.15) is 69.7 Å². The number of halogens is 1. The van der Waals surface area contributed by atoms with Crippen molar-refractivity contribution in [2.24, 2.45) is 4.99 Å². The Balaban J connectivity index is 0.00000341. The van der Waals surface area contributed by atoms with Crippen LogP contribution in [0, 0.1) is 0 Å². The van der Waals surface area contributed by atoms with Crippen LogP contribution < -0.4 is 10.6 Å². The molecular weight excluding hydrogens is 501 g/mol. The molecule has 7 heteroatoms. The van der Waals surface area contributed by atoms with Crippen LogP contribution in [0.4, 0.5) is 0 Å². The lowest BCUT2D eigenvalue weighted by Crippen LogP contribution is -2.36. The van der Waals surface area contributed by atoms with Crippen LogP contribution in [-0.4, -0.2) is 35.5 Å². The lowest BCUT2D eigenvalue weighted by molar-refractivity contribution is 0.221. The van der Waals surface area contributed by atoms with Crippen molar-refractivity contribution < 1.29 is 4.42 Å². The molecule has 2 heterocycles. The van der Waals surface area contributed by atoms with Crippen molar-refractivity contribution in [3.05, 3.63) is 53.2 Å². The molecule has 1 aliphatic rings. The topological polar surface area (TPSA) is 65.7 Å². The standard InChI is InChI=1S/C24H37N5O.HI/c1-5-25-23(28-17-22-26-16-21(30-22)24(2,3)4)27-15-19-9-11-20(12-10-19)18-29-13-7-6-8-14-29;/h9-12,16H,5-8,13-15,17-18H2,1-4H3,(H2,25,27,28);1H. The Morgan fingerprint density at radius 2 is 1.74 bits per heavy atom. The molecule has 6 nitrogen and oxygen atoms in total. The van der Waals surface area contributed by atoms with Gasteiger partial charge in [0.25, 0.3) is 0 Å². The van der Waals surface area contributed by atoms with Crippen molar-refractivity contribution in [2.45, 2.75) is 72.0 Å². The highest BCUT2D eigenvalue weighted by atomic mass is 127. The Bertz CT molecular complexity index is 804. The Kier molecular flexibility index (Phi) is 10.3. The Morgan fingerprint density at radius 3 is 2.35 bits per heavy atom. The summed E-state index contributed by atoms with van der Waals surface area (Å²) in [4.78, 5) is 11.6. The second kappa shape index (κ2) is 12.4. The van der Waals surface area contributed by atoms with Gasteiger partial charge in [-0.2, -0.15) is 0 Å². The van der Waals surface area contributed by atoms with Gasteiger partial charge < -0.3 is 15.1 Å². The Hall–Kier alpha value is -1.61. The number of piperidine rings is 1. The van der Waals surface area contributed by atoms with E-state index in [9.17, 15) is 0 Å². The Labute approximate surface area is 204 Å². The third-order valence-electron chi connectivity index (χ3n) is 5.34. The number of likely N-dealkylation sites (tertiary alicyclic amines) is 1. The zero-order valence-corrected chi connectivity index (χ0v) is 21.7. The molecule has 3 rings (SSSR count). The van der Waals surface area contributed by atoms with E-state index in [1.165, 1.54) is 43.5 Å². The minimum absolute atomic E-state index is 0. The minimum atomic E-state index is -0.0377. The largest absolute Gasteiger partial charge is 0.443 e. The van der Waals surface area contributed by atoms with Crippen molar-refractivity contribution in [3.63, 3.8) is 0 Å². The van der Waals surface area contributed by atoms with Crippen LogP contribution in [0.5, 0.6) is 0 Å². The molecule has 2 N–H and O–H groups in total. The predicted molar refractivity (Wildman–Crippen MR) is 138 cm³/mol. The van der Waals surface area contributed by atoms with Crippen LogP contribution >= 0.6 is 24.0 Å². The highest BCUT2D eigenvalue weighted by Gasteiger charge is 2.19. The van der Waals surface area contributed by atoms with Gasteiger partial charge in [0.15, 0.2) is 5.96 Å². The summed E-state index contributed by atoms with van der Waals surface area (Å²) in [6.07, 6.45) is 5.85. The first-order valence-electron chi connectivity index (χ1n) is 11.2. The first kappa shape index (κ1) is 25.6. The van der Waals surface area contributed by atoms with E-state index < -0.39 is 0 Å². The summed E-state index contributed by atoms with van der Waals surface area (Å²) < 4.78 is 5.85. The summed E-state index contributed by atoms with van der Waals surface area (Å²) in [6.45, 7) is 13.9. The minimum Gasteiger partial charge on any atom is -0.443 e. The fraction of sp³-hybridized carbons (Fsp3) is 0.583. The average molecular weight is 540 g/mol. The number of nitrogens with zero attached hydrogens (tertiary/aromatic N) is 3. The first-order valence-corrected chi connectivity index (χ1v) is 11.2. The van der Waals surface area contributed by atoms with Gasteiger partial charge in [-0.25, -0.2) is 9.98 Å². The molecule has 0 atom stereocenters. The summed E-state index contributed by atoms with van der Waals surface area (Å²) in [5.41, 5.74) is 2.55. The van der Waals surface area contributed by atoms with Crippen molar-refractivity contribution in [1.29, 1.82) is 0 Å². The van der Waals surface area contributed by atoms with Gasteiger partial charge in [-0.05, 0) is 44.0 Å². The van der Waals surface area contributed by atoms with E-state index in [0.29, 0.717) is 19.0 Å². The van der Waals surface area contributed by atoms with Crippen molar-refractivity contribution in [3.8, 4) is 0 Å². The number of hydrogen-bond donors (Lipinski definition) is 2. The van der Waals surface area contributed by atoms with E-state index in [1.54, 1.807) is 0 Å². The molecule has 1 saturated heterocycles. The molecule has 0 saturated carbocycles. The maximum Gasteiger partial charge on any atom is 0.213 e. The lowest BCUT2D eigenvalue weighted by atomic mass is 9.94. The Morgan fingerprint density at radius 1 is 1.06 bits per heavy atom. The number of rotatable bonds is 7. The average Bonchev–Trinajstić information content (AvgIpc) is 3.22. The van der Waals surface area contributed by atoms with Gasteiger partial charge in [0, 0.05) is 18.5 Å². The van der Waals surface area contributed by atoms with Gasteiger partial charge in [-0.15, -0.1) is 24.0 Å². The third kappa shape index (κ3) is 8.44. The number of benzene rings is 1. The molecule has 0 aliphatic carbocycles. The molecule has 0 spiro atoms. The highest BCUT2D eigenvalue weighted by Crippen LogP contribution is 2.22. The van der Waals surface area contributed by atoms with Crippen LogP contribution in [0.25, 0.3) is 0 Å². The molecule has 31 heavy (non-hydrogen) atoms. The monoisotopic (exact) mass is 539 g/mol. The van der Waals surface area contributed by atoms with Crippen molar-refractivity contribution in [2.75, 3.05) is 19.6 Å². The molecule has 1 aromatic heterocycles. The van der Waals surface area contributed by atoms with E-state index in [0.717, 1.165) is 24.8 Å². The number of aliphatic imine (C=N–C) groups is 1. The molecule has 1 aromatic carbocycles. The molecule has 0 amide bonds. The number of guanidine groups is 1. The molecule has 172 valence electrons. The number of hydrogen-bond acceptors (Lipinski definition) is 4. The summed E-state index contributed by atoms with van der Waals surface area (Å²) in [7, 11) is 0. The van der Waals surface area contributed by atoms with Gasteiger partial charge in [-0.1, -0.05) is 51.5 Å². The number of nitrogens with one attached hydrogen (secondary N) is 2. The molecule has 0 unspecified atom stereocenters. The van der Waals surface area contributed by atoms with Crippen LogP contribution in [0.2, 0.25) is 0 Å². The van der Waals surface area contributed by atoms with E-state index >= 15 is 0 Å². The zero-order chi connectivity index (χ0) is 21.4. The normalized spacial score (nSPS) is 15.4. The molecule has 0 bridgehead atoms. The smallest absolute Gasteiger partial charge is 0.213 e. The SMILES string of the molecule is CCNC(=NCc1ccc(CN2CCCCC2)cc1)NCc1ncc(C(C)(C)C)o1.I. The van der Waals surface area contributed by atoms with E-state index in [-0.39, 0.29) is 29.4 Å². The van der Waals surface area contributed by atoms with Gasteiger partial charge in [-0.3, -0.25) is 4.90 Å². The molecule has 2 aromatic rings. The summed E-state index contributed by atoms with van der Waals surface area (Å²) >= 11 is 0. The highest BCUT2D eigenvalue weighted by molar-refractivity contribution is 14.0. The summed E-state index contributed by atoms with van der Waals surface area (Å²) in [5.74, 6) is 2.34. The predicted octanol–water partition coefficient (Wildman–Crippen LogP) is 4.83. The number of aromatic nitrogens is 1. The maximum absolute atomic E-state index is 5.85. The molecule has 0 radical (unpaired) electrons. The first-order chi connectivity index (χ1) is 14.4. The number of oxazole rings is 1. The van der Waals surface area contributed by atoms with Crippen molar-refractivity contribution in [1.82, 2.24) is 20.5 Å². The fourth-order valence-electron chi connectivity index (χ4n) is 3.54. The van der Waals surface area contributed by atoms with Crippen molar-refractivity contribution >= 4 is 29.9 Å². The quantitative estimate of drug-likeness (QED) is 0.300. The van der Waals surface area contributed by atoms with Crippen LogP contribution in [-0.2, 0) is 25.0 Å². The van der Waals surface area contributed by atoms with Gasteiger partial charge in [0.05, 0.1) is 19.3 Å². The summed E-state index contributed by atoms with van der Waals surface area (Å²) in [5, 5.41) is 6.60. The van der Waals surface area contributed by atoms with Gasteiger partial charge in [0.2, 0.25) is 5.89 Å². The van der Waals surface area contributed by atoms with Crippen LogP contribution in [0.3, 0.4) is 0 Å². The maximum atomic E-state index is 5.85. The zero-order valence-electron chi connectivity index (χ0n) is 19.4. The second-order valence-corrected chi connectivity index (χ2v) is 9.07. The van der Waals surface area contributed by atoms with E-state index in [2.05, 4.69) is 72.5 Å². The van der Waals surface area contributed by atoms with Gasteiger partial charge >= 0.3 is 0 Å². The molecular formula is C24H38IN5O. The van der Waals surface area contributed by atoms with Gasteiger partial charge in [0.1, 0.15) is 5.76 Å². The van der Waals surface area contributed by atoms with E-state index in [4.69, 9.17) is 9.41 Å². The lowest BCUT2D eigenvalue weighted by Gasteiger charge is -2.26. The van der Waals surface area contributed by atoms with Crippen LogP contribution in [0.15, 0.2) is 39.9 Å². The molecule has 1 aliphatic heterocycles. The molecule has 1 fully saturated rings. The summed E-state index contributed by atoms with van der Waals surface area (Å²) in [6, 6.07) is 8.85.